The summed E-state index contributed by atoms with van der Waals surface area (Å²) in [5.41, 5.74) is 8.27. The fourth-order valence-electron chi connectivity index (χ4n) is 3.08. The first kappa shape index (κ1) is 13.3. The molecule has 3 rings (SSSR count). The molecule has 2 aromatic rings. The minimum Gasteiger partial charge on any atom is -0.393 e. The third-order valence-corrected chi connectivity index (χ3v) is 4.52. The van der Waals surface area contributed by atoms with E-state index in [9.17, 15) is 5.11 Å². The van der Waals surface area contributed by atoms with Gasteiger partial charge in [0.25, 0.3) is 0 Å². The number of nitrogens with zero attached hydrogens (tertiary/aromatic N) is 2. The molecule has 1 aliphatic rings. The molecule has 0 bridgehead atoms. The molecule has 1 aliphatic carbocycles. The van der Waals surface area contributed by atoms with Gasteiger partial charge in [0, 0.05) is 18.2 Å². The molecule has 3 N–H and O–H groups in total. The van der Waals surface area contributed by atoms with Gasteiger partial charge in [0.15, 0.2) is 0 Å². The largest absolute Gasteiger partial charge is 0.393 e. The molecule has 0 radical (unpaired) electrons. The van der Waals surface area contributed by atoms with E-state index in [1.54, 1.807) is 0 Å². The summed E-state index contributed by atoms with van der Waals surface area (Å²) >= 11 is 0. The van der Waals surface area contributed by atoms with E-state index in [-0.39, 0.29) is 11.5 Å². The Bertz CT molecular complexity index is 556. The van der Waals surface area contributed by atoms with Gasteiger partial charge >= 0.3 is 0 Å². The second-order valence-corrected chi connectivity index (χ2v) is 5.72. The van der Waals surface area contributed by atoms with Crippen LogP contribution in [0.4, 0.5) is 0 Å². The van der Waals surface area contributed by atoms with Crippen molar-refractivity contribution in [3.63, 3.8) is 0 Å². The minimum absolute atomic E-state index is 0.0216. The van der Waals surface area contributed by atoms with E-state index in [2.05, 4.69) is 11.3 Å². The molecule has 0 saturated heterocycles. The molecular weight excluding hydrogens is 250 g/mol. The van der Waals surface area contributed by atoms with Crippen LogP contribution in [0.25, 0.3) is 5.69 Å². The first-order chi connectivity index (χ1) is 9.73. The van der Waals surface area contributed by atoms with Gasteiger partial charge in [-0.2, -0.15) is 5.10 Å². The smallest absolute Gasteiger partial charge is 0.0645 e. The summed E-state index contributed by atoms with van der Waals surface area (Å²) in [6.45, 7) is 0.611. The summed E-state index contributed by atoms with van der Waals surface area (Å²) in [5, 5.41) is 14.2. The van der Waals surface area contributed by atoms with Gasteiger partial charge in [0.2, 0.25) is 0 Å². The van der Waals surface area contributed by atoms with Crippen molar-refractivity contribution < 1.29 is 5.11 Å². The number of benzene rings is 1. The lowest BCUT2D eigenvalue weighted by atomic mass is 9.70. The molecule has 20 heavy (non-hydrogen) atoms. The third kappa shape index (κ3) is 2.37. The first-order valence-corrected chi connectivity index (χ1v) is 7.22. The zero-order chi connectivity index (χ0) is 14.0. The molecule has 1 saturated carbocycles. The Morgan fingerprint density at radius 2 is 1.95 bits per heavy atom. The summed E-state index contributed by atoms with van der Waals surface area (Å²) in [7, 11) is 0. The third-order valence-electron chi connectivity index (χ3n) is 4.52. The molecule has 0 spiro atoms. The van der Waals surface area contributed by atoms with Crippen LogP contribution in [0.15, 0.2) is 42.7 Å². The van der Waals surface area contributed by atoms with Crippen molar-refractivity contribution in [2.45, 2.75) is 37.2 Å². The zero-order valence-electron chi connectivity index (χ0n) is 11.6. The molecule has 106 valence electrons. The molecule has 1 fully saturated rings. The van der Waals surface area contributed by atoms with E-state index in [0.717, 1.165) is 31.4 Å². The number of hydrogen-bond donors (Lipinski definition) is 2. The van der Waals surface area contributed by atoms with Crippen LogP contribution < -0.4 is 5.73 Å². The number of hydrogen-bond acceptors (Lipinski definition) is 3. The highest BCUT2D eigenvalue weighted by atomic mass is 16.3. The average molecular weight is 271 g/mol. The second kappa shape index (κ2) is 5.38. The van der Waals surface area contributed by atoms with Crippen molar-refractivity contribution in [3.05, 3.63) is 48.3 Å². The summed E-state index contributed by atoms with van der Waals surface area (Å²) in [4.78, 5) is 0. The monoisotopic (exact) mass is 271 g/mol. The minimum atomic E-state index is -0.168. The Morgan fingerprint density at radius 3 is 2.60 bits per heavy atom. The number of aliphatic hydroxyl groups excluding tert-OH is 1. The maximum atomic E-state index is 9.71. The van der Waals surface area contributed by atoms with E-state index >= 15 is 0 Å². The van der Waals surface area contributed by atoms with Crippen molar-refractivity contribution in [3.8, 4) is 5.69 Å². The van der Waals surface area contributed by atoms with Crippen LogP contribution in [0.3, 0.4) is 0 Å². The Balaban J connectivity index is 1.89. The van der Waals surface area contributed by atoms with Crippen LogP contribution >= 0.6 is 0 Å². The van der Waals surface area contributed by atoms with E-state index in [1.165, 1.54) is 5.56 Å². The Kier molecular flexibility index (Phi) is 3.59. The Hall–Kier alpha value is -1.65. The van der Waals surface area contributed by atoms with Crippen molar-refractivity contribution in [2.75, 3.05) is 6.54 Å². The summed E-state index contributed by atoms with van der Waals surface area (Å²) in [6, 6.07) is 10.1. The van der Waals surface area contributed by atoms with Crippen molar-refractivity contribution in [2.24, 2.45) is 5.73 Å². The summed E-state index contributed by atoms with van der Waals surface area (Å²) in [6.07, 6.45) is 7.37. The van der Waals surface area contributed by atoms with Crippen LogP contribution in [-0.4, -0.2) is 27.5 Å². The molecular formula is C16H21N3O. The van der Waals surface area contributed by atoms with Gasteiger partial charge in [0.05, 0.1) is 18.0 Å². The maximum absolute atomic E-state index is 9.71. The summed E-state index contributed by atoms with van der Waals surface area (Å²) in [5.74, 6) is 0. The predicted octanol–water partition coefficient (Wildman–Crippen LogP) is 2.00. The van der Waals surface area contributed by atoms with Gasteiger partial charge < -0.3 is 10.8 Å². The average Bonchev–Trinajstić information content (AvgIpc) is 3.00. The van der Waals surface area contributed by atoms with E-state index in [4.69, 9.17) is 5.73 Å². The van der Waals surface area contributed by atoms with Crippen LogP contribution in [-0.2, 0) is 5.41 Å². The maximum Gasteiger partial charge on any atom is 0.0645 e. The molecule has 4 nitrogen and oxygen atoms in total. The number of para-hydroxylation sites is 1. The molecule has 0 unspecified atom stereocenters. The van der Waals surface area contributed by atoms with Crippen molar-refractivity contribution in [1.29, 1.82) is 0 Å². The fourth-order valence-corrected chi connectivity index (χ4v) is 3.08. The summed E-state index contributed by atoms with van der Waals surface area (Å²) < 4.78 is 1.90. The topological polar surface area (TPSA) is 64.1 Å². The number of rotatable bonds is 3. The molecule has 4 heteroatoms. The number of nitrogens with two attached hydrogens (primary N) is 1. The van der Waals surface area contributed by atoms with Gasteiger partial charge in [-0.05, 0) is 43.4 Å². The SMILES string of the molecule is NCC1(c2cnn(-c3ccccc3)c2)CCC(O)CC1. The zero-order valence-corrected chi connectivity index (χ0v) is 11.6. The Labute approximate surface area is 119 Å². The normalized spacial score (nSPS) is 26.6. The highest BCUT2D eigenvalue weighted by Gasteiger charge is 2.36. The first-order valence-electron chi connectivity index (χ1n) is 7.22. The number of aromatic nitrogens is 2. The van der Waals surface area contributed by atoms with Gasteiger partial charge in [-0.1, -0.05) is 18.2 Å². The molecule has 0 amide bonds. The lowest BCUT2D eigenvalue weighted by Crippen LogP contribution is -2.39. The van der Waals surface area contributed by atoms with Crippen LogP contribution in [0.5, 0.6) is 0 Å². The molecule has 1 aromatic carbocycles. The molecule has 0 atom stereocenters. The highest BCUT2D eigenvalue weighted by molar-refractivity contribution is 5.33. The molecule has 1 aromatic heterocycles. The van der Waals surface area contributed by atoms with Gasteiger partial charge in [0.1, 0.15) is 0 Å². The van der Waals surface area contributed by atoms with Crippen LogP contribution in [0, 0.1) is 0 Å². The van der Waals surface area contributed by atoms with E-state index in [0.29, 0.717) is 6.54 Å². The van der Waals surface area contributed by atoms with Crippen molar-refractivity contribution >= 4 is 0 Å². The lowest BCUT2D eigenvalue weighted by molar-refractivity contribution is 0.0974. The Morgan fingerprint density at radius 1 is 1.25 bits per heavy atom. The molecule has 1 heterocycles. The van der Waals surface area contributed by atoms with Crippen LogP contribution in [0.1, 0.15) is 31.2 Å². The highest BCUT2D eigenvalue weighted by Crippen LogP contribution is 2.38. The number of aliphatic hydroxyl groups is 1. The standard InChI is InChI=1S/C16H21N3O/c17-12-16(8-6-15(20)7-9-16)13-10-18-19(11-13)14-4-2-1-3-5-14/h1-5,10-11,15,20H,6-9,12,17H2. The predicted molar refractivity (Wildman–Crippen MR) is 78.8 cm³/mol. The van der Waals surface area contributed by atoms with Crippen LogP contribution in [0.2, 0.25) is 0 Å². The van der Waals surface area contributed by atoms with E-state index < -0.39 is 0 Å². The quantitative estimate of drug-likeness (QED) is 0.897. The molecule has 0 aliphatic heterocycles. The lowest BCUT2D eigenvalue weighted by Gasteiger charge is -2.37. The van der Waals surface area contributed by atoms with Gasteiger partial charge in [-0.25, -0.2) is 4.68 Å². The van der Waals surface area contributed by atoms with E-state index in [1.807, 2.05) is 41.2 Å². The van der Waals surface area contributed by atoms with Gasteiger partial charge in [-0.3, -0.25) is 0 Å². The second-order valence-electron chi connectivity index (χ2n) is 5.72. The fraction of sp³-hybridized carbons (Fsp3) is 0.438. The van der Waals surface area contributed by atoms with Gasteiger partial charge in [-0.15, -0.1) is 0 Å². The van der Waals surface area contributed by atoms with Crippen molar-refractivity contribution in [1.82, 2.24) is 9.78 Å².